The summed E-state index contributed by atoms with van der Waals surface area (Å²) in [5.74, 6) is -0.253. The zero-order valence-electron chi connectivity index (χ0n) is 10.1. The van der Waals surface area contributed by atoms with E-state index >= 15 is 0 Å². The summed E-state index contributed by atoms with van der Waals surface area (Å²) in [7, 11) is 0. The maximum Gasteiger partial charge on any atom is 0.573 e. The zero-order valence-corrected chi connectivity index (χ0v) is 10.1. The normalized spacial score (nSPS) is 11.4. The third-order valence-electron chi connectivity index (χ3n) is 2.46. The first-order valence-corrected chi connectivity index (χ1v) is 5.52. The predicted octanol–water partition coefficient (Wildman–Crippen LogP) is 3.23. The first-order valence-electron chi connectivity index (χ1n) is 5.52. The second-order valence-electron chi connectivity index (χ2n) is 3.90. The van der Waals surface area contributed by atoms with E-state index in [-0.39, 0.29) is 5.75 Å². The van der Waals surface area contributed by atoms with Gasteiger partial charge in [0.15, 0.2) is 0 Å². The second kappa shape index (κ2) is 5.21. The number of aromatic amines is 1. The van der Waals surface area contributed by atoms with Gasteiger partial charge in [0.25, 0.3) is 0 Å². The highest BCUT2D eigenvalue weighted by atomic mass is 19.4. The largest absolute Gasteiger partial charge is 0.573 e. The minimum atomic E-state index is -4.68. The molecule has 0 saturated heterocycles. The Morgan fingerprint density at radius 3 is 2.79 bits per heavy atom. The van der Waals surface area contributed by atoms with Crippen LogP contribution in [0, 0.1) is 6.92 Å². The van der Waals surface area contributed by atoms with E-state index < -0.39 is 6.36 Å². The summed E-state index contributed by atoms with van der Waals surface area (Å²) < 4.78 is 40.1. The Labute approximate surface area is 107 Å². The van der Waals surface area contributed by atoms with E-state index in [1.54, 1.807) is 12.4 Å². The van der Waals surface area contributed by atoms with Crippen LogP contribution in [0.1, 0.15) is 11.4 Å². The van der Waals surface area contributed by atoms with Crippen molar-refractivity contribution in [3.05, 3.63) is 42.0 Å². The highest BCUT2D eigenvalue weighted by Gasteiger charge is 2.31. The fraction of sp³-hybridized carbons (Fsp3) is 0.250. The molecule has 19 heavy (non-hydrogen) atoms. The van der Waals surface area contributed by atoms with E-state index in [2.05, 4.69) is 20.0 Å². The Kier molecular flexibility index (Phi) is 3.64. The van der Waals surface area contributed by atoms with Crippen LogP contribution in [0.4, 0.5) is 18.9 Å². The van der Waals surface area contributed by atoms with E-state index in [4.69, 9.17) is 0 Å². The number of hydrogen-bond acceptors (Lipinski definition) is 3. The van der Waals surface area contributed by atoms with Gasteiger partial charge in [-0.3, -0.25) is 0 Å². The minimum absolute atomic E-state index is 0.253. The monoisotopic (exact) mass is 271 g/mol. The number of anilines is 1. The van der Waals surface area contributed by atoms with Crippen LogP contribution >= 0.6 is 0 Å². The lowest BCUT2D eigenvalue weighted by atomic mass is 10.3. The van der Waals surface area contributed by atoms with Crippen molar-refractivity contribution < 1.29 is 17.9 Å². The standard InChI is InChI=1S/C12H12F3N3O/c1-8-11(18-7-17-8)6-16-9-3-2-4-10(5-9)19-12(13,14)15/h2-5,7,16H,6H2,1H3,(H,17,18). The number of benzene rings is 1. The molecule has 2 aromatic rings. The zero-order chi connectivity index (χ0) is 13.9. The Morgan fingerprint density at radius 1 is 1.37 bits per heavy atom. The first-order chi connectivity index (χ1) is 8.94. The lowest BCUT2D eigenvalue weighted by molar-refractivity contribution is -0.274. The number of ether oxygens (including phenoxy) is 1. The van der Waals surface area contributed by atoms with Crippen molar-refractivity contribution in [1.29, 1.82) is 0 Å². The van der Waals surface area contributed by atoms with Crippen molar-refractivity contribution in [2.24, 2.45) is 0 Å². The number of halogens is 3. The molecule has 1 aromatic heterocycles. The van der Waals surface area contributed by atoms with Crippen molar-refractivity contribution in [2.45, 2.75) is 19.8 Å². The molecule has 1 heterocycles. The van der Waals surface area contributed by atoms with Gasteiger partial charge in [-0.05, 0) is 19.1 Å². The molecule has 0 unspecified atom stereocenters. The van der Waals surface area contributed by atoms with Crippen LogP contribution in [0.25, 0.3) is 0 Å². The van der Waals surface area contributed by atoms with Crippen LogP contribution < -0.4 is 10.1 Å². The third kappa shape index (κ3) is 3.90. The minimum Gasteiger partial charge on any atom is -0.406 e. The number of alkyl halides is 3. The van der Waals surface area contributed by atoms with Crippen LogP contribution in [0.5, 0.6) is 5.75 Å². The molecule has 0 radical (unpaired) electrons. The molecule has 102 valence electrons. The molecule has 4 nitrogen and oxygen atoms in total. The molecule has 0 spiro atoms. The number of nitrogens with zero attached hydrogens (tertiary/aromatic N) is 1. The first kappa shape index (κ1) is 13.3. The van der Waals surface area contributed by atoms with Gasteiger partial charge in [0.1, 0.15) is 5.75 Å². The van der Waals surface area contributed by atoms with Crippen molar-refractivity contribution in [2.75, 3.05) is 5.32 Å². The molecule has 0 bridgehead atoms. The molecule has 2 rings (SSSR count). The van der Waals surface area contributed by atoms with Crippen molar-refractivity contribution in [3.63, 3.8) is 0 Å². The van der Waals surface area contributed by atoms with Crippen LogP contribution in [0.3, 0.4) is 0 Å². The van der Waals surface area contributed by atoms with E-state index in [1.165, 1.54) is 18.2 Å². The van der Waals surface area contributed by atoms with Crippen LogP contribution in [0.15, 0.2) is 30.6 Å². The molecular weight excluding hydrogens is 259 g/mol. The molecule has 1 aromatic carbocycles. The van der Waals surface area contributed by atoms with Gasteiger partial charge in [0, 0.05) is 17.4 Å². The van der Waals surface area contributed by atoms with Gasteiger partial charge in [-0.25, -0.2) is 4.98 Å². The molecule has 0 aliphatic heterocycles. The molecule has 0 saturated carbocycles. The van der Waals surface area contributed by atoms with Gasteiger partial charge < -0.3 is 15.0 Å². The topological polar surface area (TPSA) is 49.9 Å². The molecule has 7 heteroatoms. The summed E-state index contributed by atoms with van der Waals surface area (Å²) in [6.07, 6.45) is -3.12. The van der Waals surface area contributed by atoms with E-state index in [9.17, 15) is 13.2 Å². The maximum atomic E-state index is 12.1. The maximum absolute atomic E-state index is 12.1. The van der Waals surface area contributed by atoms with Gasteiger partial charge in [-0.1, -0.05) is 6.07 Å². The van der Waals surface area contributed by atoms with Gasteiger partial charge in [-0.15, -0.1) is 13.2 Å². The van der Waals surface area contributed by atoms with Crippen molar-refractivity contribution in [1.82, 2.24) is 9.97 Å². The molecule has 0 amide bonds. The fourth-order valence-electron chi connectivity index (χ4n) is 1.55. The summed E-state index contributed by atoms with van der Waals surface area (Å²) in [5, 5.41) is 2.98. The molecular formula is C12H12F3N3O. The molecule has 2 N–H and O–H groups in total. The van der Waals surface area contributed by atoms with Crippen LogP contribution in [0.2, 0.25) is 0 Å². The second-order valence-corrected chi connectivity index (χ2v) is 3.90. The van der Waals surface area contributed by atoms with Gasteiger partial charge in [0.05, 0.1) is 18.6 Å². The Hall–Kier alpha value is -2.18. The lowest BCUT2D eigenvalue weighted by Crippen LogP contribution is -2.17. The third-order valence-corrected chi connectivity index (χ3v) is 2.46. The highest BCUT2D eigenvalue weighted by Crippen LogP contribution is 2.25. The van der Waals surface area contributed by atoms with Gasteiger partial charge in [0.2, 0.25) is 0 Å². The number of imidazole rings is 1. The number of rotatable bonds is 4. The predicted molar refractivity (Wildman–Crippen MR) is 63.8 cm³/mol. The Balaban J connectivity index is 2.01. The summed E-state index contributed by atoms with van der Waals surface area (Å²) >= 11 is 0. The number of nitrogens with one attached hydrogen (secondary N) is 2. The van der Waals surface area contributed by atoms with Crippen molar-refractivity contribution >= 4 is 5.69 Å². The average Bonchev–Trinajstić information content (AvgIpc) is 2.70. The van der Waals surface area contributed by atoms with Crippen molar-refractivity contribution in [3.8, 4) is 5.75 Å². The van der Waals surface area contributed by atoms with Crippen LogP contribution in [-0.4, -0.2) is 16.3 Å². The smallest absolute Gasteiger partial charge is 0.406 e. The summed E-state index contributed by atoms with van der Waals surface area (Å²) in [5.41, 5.74) is 2.25. The SMILES string of the molecule is Cc1[nH]cnc1CNc1cccc(OC(F)(F)F)c1. The number of H-pyrrole nitrogens is 1. The summed E-state index contributed by atoms with van der Waals surface area (Å²) in [6, 6.07) is 5.68. The number of hydrogen-bond donors (Lipinski definition) is 2. The van der Waals surface area contributed by atoms with Gasteiger partial charge in [-0.2, -0.15) is 0 Å². The Morgan fingerprint density at radius 2 is 2.16 bits per heavy atom. The highest BCUT2D eigenvalue weighted by molar-refractivity contribution is 5.48. The fourth-order valence-corrected chi connectivity index (χ4v) is 1.55. The lowest BCUT2D eigenvalue weighted by Gasteiger charge is -2.11. The quantitative estimate of drug-likeness (QED) is 0.897. The van der Waals surface area contributed by atoms with Gasteiger partial charge >= 0.3 is 6.36 Å². The Bertz CT molecular complexity index is 551. The molecule has 0 aliphatic carbocycles. The van der Waals surface area contributed by atoms with Crippen LogP contribution in [-0.2, 0) is 6.54 Å². The summed E-state index contributed by atoms with van der Waals surface area (Å²) in [4.78, 5) is 7.01. The van der Waals surface area contributed by atoms with E-state index in [0.717, 1.165) is 11.4 Å². The molecule has 0 atom stereocenters. The summed E-state index contributed by atoms with van der Waals surface area (Å²) in [6.45, 7) is 2.29. The molecule has 0 aliphatic rings. The number of aromatic nitrogens is 2. The number of aryl methyl sites for hydroxylation is 1. The molecule has 0 fully saturated rings. The van der Waals surface area contributed by atoms with E-state index in [1.807, 2.05) is 6.92 Å². The van der Waals surface area contributed by atoms with E-state index in [0.29, 0.717) is 12.2 Å². The average molecular weight is 271 g/mol.